The van der Waals surface area contributed by atoms with Gasteiger partial charge in [-0.1, -0.05) is 61.5 Å². The van der Waals surface area contributed by atoms with Crippen molar-refractivity contribution in [1.29, 1.82) is 0 Å². The molecule has 1 fully saturated rings. The van der Waals surface area contributed by atoms with Gasteiger partial charge in [-0.15, -0.1) is 0 Å². The number of carboxylic acids is 1. The van der Waals surface area contributed by atoms with Crippen LogP contribution in [0.2, 0.25) is 15.1 Å². The molecule has 0 aromatic heterocycles. The highest BCUT2D eigenvalue weighted by Crippen LogP contribution is 2.42. The van der Waals surface area contributed by atoms with E-state index < -0.39 is 23.7 Å². The van der Waals surface area contributed by atoms with Crippen molar-refractivity contribution in [3.8, 4) is 5.75 Å². The third kappa shape index (κ3) is 5.25. The van der Waals surface area contributed by atoms with Crippen LogP contribution in [0.3, 0.4) is 0 Å². The molecular formula is C17H17Cl3O6. The Morgan fingerprint density at radius 2 is 1.81 bits per heavy atom. The summed E-state index contributed by atoms with van der Waals surface area (Å²) in [5.41, 5.74) is -0.634. The molecule has 1 saturated carbocycles. The van der Waals surface area contributed by atoms with Gasteiger partial charge in [-0.3, -0.25) is 0 Å². The van der Waals surface area contributed by atoms with Crippen molar-refractivity contribution >= 4 is 52.7 Å². The molecule has 1 aromatic rings. The molecule has 0 atom stereocenters. The van der Waals surface area contributed by atoms with E-state index in [1.807, 2.05) is 13.8 Å². The molecule has 0 spiro atoms. The summed E-state index contributed by atoms with van der Waals surface area (Å²) in [7, 11) is 0. The SMILES string of the molecule is CC(C)(COC(=O)c1c(Cl)c(Cl)cc(Cl)c1OC(=O)C(=O)O)CC1CC1. The zero-order valence-electron chi connectivity index (χ0n) is 14.1. The molecular weight excluding hydrogens is 407 g/mol. The first-order valence-electron chi connectivity index (χ1n) is 7.81. The van der Waals surface area contributed by atoms with Gasteiger partial charge in [0.2, 0.25) is 0 Å². The fourth-order valence-corrected chi connectivity index (χ4v) is 3.21. The monoisotopic (exact) mass is 422 g/mol. The second kappa shape index (κ2) is 8.03. The summed E-state index contributed by atoms with van der Waals surface area (Å²) in [5, 5.41) is 8.16. The maximum atomic E-state index is 12.5. The number of halogens is 3. The van der Waals surface area contributed by atoms with Gasteiger partial charge in [0.15, 0.2) is 5.75 Å². The molecule has 0 aliphatic heterocycles. The van der Waals surface area contributed by atoms with Crippen LogP contribution in [0.4, 0.5) is 0 Å². The Morgan fingerprint density at radius 3 is 2.35 bits per heavy atom. The molecule has 0 unspecified atom stereocenters. The topological polar surface area (TPSA) is 89.9 Å². The minimum Gasteiger partial charge on any atom is -0.473 e. The zero-order valence-corrected chi connectivity index (χ0v) is 16.4. The molecule has 9 heteroatoms. The van der Waals surface area contributed by atoms with Crippen molar-refractivity contribution in [2.24, 2.45) is 11.3 Å². The van der Waals surface area contributed by atoms with Crippen LogP contribution in [0.25, 0.3) is 0 Å². The summed E-state index contributed by atoms with van der Waals surface area (Å²) in [6.07, 6.45) is 3.25. The summed E-state index contributed by atoms with van der Waals surface area (Å²) < 4.78 is 10.0. The van der Waals surface area contributed by atoms with Gasteiger partial charge in [0.25, 0.3) is 0 Å². The lowest BCUT2D eigenvalue weighted by Crippen LogP contribution is -2.24. The number of hydrogen-bond donors (Lipinski definition) is 1. The van der Waals surface area contributed by atoms with Crippen LogP contribution in [0.1, 0.15) is 43.5 Å². The predicted octanol–water partition coefficient (Wildman–Crippen LogP) is 4.62. The summed E-state index contributed by atoms with van der Waals surface area (Å²) in [5.74, 6) is -4.24. The van der Waals surface area contributed by atoms with Gasteiger partial charge in [0.05, 0.1) is 21.7 Å². The molecule has 0 heterocycles. The van der Waals surface area contributed by atoms with E-state index in [4.69, 9.17) is 44.6 Å². The van der Waals surface area contributed by atoms with Gasteiger partial charge in [0, 0.05) is 0 Å². The van der Waals surface area contributed by atoms with Gasteiger partial charge in [-0.05, 0) is 23.8 Å². The minimum atomic E-state index is -1.85. The zero-order chi connectivity index (χ0) is 19.6. The van der Waals surface area contributed by atoms with Crippen LogP contribution < -0.4 is 4.74 Å². The summed E-state index contributed by atoms with van der Waals surface area (Å²) in [6.45, 7) is 4.04. The van der Waals surface area contributed by atoms with Gasteiger partial charge in [0.1, 0.15) is 5.56 Å². The van der Waals surface area contributed by atoms with E-state index >= 15 is 0 Å². The molecule has 0 saturated heterocycles. The van der Waals surface area contributed by atoms with E-state index in [-0.39, 0.29) is 32.7 Å². The average molecular weight is 424 g/mol. The largest absolute Gasteiger partial charge is 0.473 e. The highest BCUT2D eigenvalue weighted by molar-refractivity contribution is 6.46. The first-order valence-corrected chi connectivity index (χ1v) is 8.95. The maximum absolute atomic E-state index is 12.5. The Hall–Kier alpha value is -1.50. The number of carbonyl (C=O) groups is 3. The first kappa shape index (κ1) is 20.8. The molecule has 0 radical (unpaired) electrons. The summed E-state index contributed by atoms with van der Waals surface area (Å²) in [4.78, 5) is 34.6. The van der Waals surface area contributed by atoms with Crippen LogP contribution in [0, 0.1) is 11.3 Å². The molecule has 0 amide bonds. The van der Waals surface area contributed by atoms with Crippen LogP contribution >= 0.6 is 34.8 Å². The van der Waals surface area contributed by atoms with Gasteiger partial charge in [-0.2, -0.15) is 0 Å². The third-order valence-electron chi connectivity index (χ3n) is 3.83. The van der Waals surface area contributed by atoms with Crippen LogP contribution in [-0.4, -0.2) is 29.6 Å². The Bertz CT molecular complexity index is 755. The fraction of sp³-hybridized carbons (Fsp3) is 0.471. The molecule has 142 valence electrons. The van der Waals surface area contributed by atoms with Crippen LogP contribution in [0.5, 0.6) is 5.75 Å². The van der Waals surface area contributed by atoms with E-state index in [1.165, 1.54) is 12.8 Å². The van der Waals surface area contributed by atoms with Gasteiger partial charge >= 0.3 is 17.9 Å². The van der Waals surface area contributed by atoms with E-state index in [0.29, 0.717) is 5.92 Å². The standard InChI is InChI=1S/C17H17Cl3O6/c1-17(2,6-8-3-4-8)7-25-15(23)11-12(20)9(18)5-10(19)13(11)26-16(24)14(21)22/h5,8H,3-4,6-7H2,1-2H3,(H,21,22). The van der Waals surface area contributed by atoms with Crippen molar-refractivity contribution < 1.29 is 29.0 Å². The van der Waals surface area contributed by atoms with Crippen LogP contribution in [0.15, 0.2) is 6.07 Å². The number of esters is 2. The molecule has 26 heavy (non-hydrogen) atoms. The van der Waals surface area contributed by atoms with Gasteiger partial charge in [-0.25, -0.2) is 14.4 Å². The Kier molecular flexibility index (Phi) is 6.42. The van der Waals surface area contributed by atoms with Crippen molar-refractivity contribution in [3.05, 3.63) is 26.7 Å². The second-order valence-electron chi connectivity index (χ2n) is 6.94. The quantitative estimate of drug-likeness (QED) is 0.311. The van der Waals surface area contributed by atoms with Crippen molar-refractivity contribution in [3.63, 3.8) is 0 Å². The number of carbonyl (C=O) groups excluding carboxylic acids is 2. The van der Waals surface area contributed by atoms with E-state index in [1.54, 1.807) is 0 Å². The Morgan fingerprint density at radius 1 is 1.19 bits per heavy atom. The molecule has 0 bridgehead atoms. The molecule has 1 aromatic carbocycles. The molecule has 1 aliphatic carbocycles. The fourth-order valence-electron chi connectivity index (χ4n) is 2.49. The third-order valence-corrected chi connectivity index (χ3v) is 4.90. The smallest absolute Gasteiger partial charge is 0.422 e. The number of ether oxygens (including phenoxy) is 2. The lowest BCUT2D eigenvalue weighted by Gasteiger charge is -2.24. The maximum Gasteiger partial charge on any atom is 0.422 e. The first-order chi connectivity index (χ1) is 12.0. The lowest BCUT2D eigenvalue weighted by atomic mass is 9.88. The van der Waals surface area contributed by atoms with E-state index in [2.05, 4.69) is 4.74 Å². The number of carboxylic acid groups (broad SMARTS) is 1. The predicted molar refractivity (Wildman–Crippen MR) is 96.1 cm³/mol. The minimum absolute atomic E-state index is 0.0593. The van der Waals surface area contributed by atoms with E-state index in [0.717, 1.165) is 12.5 Å². The van der Waals surface area contributed by atoms with Crippen molar-refractivity contribution in [1.82, 2.24) is 0 Å². The number of rotatable bonds is 6. The average Bonchev–Trinajstić information content (AvgIpc) is 3.33. The highest BCUT2D eigenvalue weighted by atomic mass is 35.5. The molecule has 6 nitrogen and oxygen atoms in total. The molecule has 1 aliphatic rings. The number of aliphatic carboxylic acids is 1. The Balaban J connectivity index is 2.26. The van der Waals surface area contributed by atoms with Crippen LogP contribution in [-0.2, 0) is 14.3 Å². The molecule has 1 N–H and O–H groups in total. The van der Waals surface area contributed by atoms with E-state index in [9.17, 15) is 14.4 Å². The summed E-state index contributed by atoms with van der Waals surface area (Å²) in [6, 6.07) is 1.14. The summed E-state index contributed by atoms with van der Waals surface area (Å²) >= 11 is 17.9. The van der Waals surface area contributed by atoms with Crippen molar-refractivity contribution in [2.75, 3.05) is 6.61 Å². The number of benzene rings is 1. The van der Waals surface area contributed by atoms with Crippen molar-refractivity contribution in [2.45, 2.75) is 33.1 Å². The normalized spacial score (nSPS) is 14.0. The lowest BCUT2D eigenvalue weighted by molar-refractivity contribution is -0.158. The highest BCUT2D eigenvalue weighted by Gasteiger charge is 2.33. The second-order valence-corrected chi connectivity index (χ2v) is 8.13. The number of hydrogen-bond acceptors (Lipinski definition) is 5. The Labute approximate surface area is 165 Å². The molecule has 2 rings (SSSR count). The van der Waals surface area contributed by atoms with Gasteiger partial charge < -0.3 is 14.6 Å².